The number of hydrogen-bond acceptors (Lipinski definition) is 3. The number of carbonyl (C=O) groups is 2. The van der Waals surface area contributed by atoms with E-state index < -0.39 is 5.97 Å². The van der Waals surface area contributed by atoms with Gasteiger partial charge in [-0.1, -0.05) is 0 Å². The Hall–Kier alpha value is -1.30. The summed E-state index contributed by atoms with van der Waals surface area (Å²) in [4.78, 5) is 25.8. The fraction of sp³-hybridized carbons (Fsp3) is 0.818. The average Bonchev–Trinajstić information content (AvgIpc) is 2.29. The van der Waals surface area contributed by atoms with E-state index >= 15 is 0 Å². The van der Waals surface area contributed by atoms with Crippen LogP contribution in [0.4, 0.5) is 4.79 Å². The largest absolute Gasteiger partial charge is 0.480 e. The van der Waals surface area contributed by atoms with E-state index in [1.54, 1.807) is 0 Å². The molecule has 0 saturated carbocycles. The van der Waals surface area contributed by atoms with Crippen LogP contribution in [0.1, 0.15) is 12.8 Å². The van der Waals surface area contributed by atoms with Crippen LogP contribution in [-0.4, -0.2) is 66.2 Å². The first-order valence-electron chi connectivity index (χ1n) is 6.02. The van der Waals surface area contributed by atoms with Gasteiger partial charge < -0.3 is 20.2 Å². The van der Waals surface area contributed by atoms with Crippen molar-refractivity contribution < 1.29 is 14.7 Å². The lowest BCUT2D eigenvalue weighted by atomic mass is 9.84. The maximum Gasteiger partial charge on any atom is 0.323 e. The molecule has 96 valence electrons. The van der Waals surface area contributed by atoms with E-state index in [4.69, 9.17) is 5.11 Å². The fourth-order valence-electron chi connectivity index (χ4n) is 2.67. The Bertz CT molecular complexity index is 313. The average molecular weight is 241 g/mol. The molecule has 6 heteroatoms. The first-order valence-corrected chi connectivity index (χ1v) is 6.02. The number of hydrogen-bond donors (Lipinski definition) is 2. The first-order chi connectivity index (χ1) is 8.06. The number of nitrogens with zero attached hydrogens (tertiary/aromatic N) is 2. The van der Waals surface area contributed by atoms with E-state index in [-0.39, 0.29) is 18.6 Å². The SMILES string of the molecule is CN(CC(=O)O)C(=O)NC1CN2CCC1CC2. The van der Waals surface area contributed by atoms with Gasteiger partial charge in [-0.2, -0.15) is 0 Å². The molecule has 6 nitrogen and oxygen atoms in total. The van der Waals surface area contributed by atoms with Gasteiger partial charge in [0.1, 0.15) is 6.54 Å². The zero-order valence-corrected chi connectivity index (χ0v) is 10.1. The molecule has 2 bridgehead atoms. The number of fused-ring (bicyclic) bond motifs is 3. The molecule has 0 aromatic heterocycles. The third kappa shape index (κ3) is 2.88. The molecule has 3 aliphatic rings. The van der Waals surface area contributed by atoms with Crippen molar-refractivity contribution in [2.45, 2.75) is 18.9 Å². The standard InChI is InChI=1S/C11H19N3O3/c1-13(7-10(15)16)11(17)12-9-6-14-4-2-8(9)3-5-14/h8-9H,2-7H2,1H3,(H,12,17)(H,15,16). The molecule has 1 atom stereocenters. The van der Waals surface area contributed by atoms with Gasteiger partial charge in [0.05, 0.1) is 0 Å². The third-order valence-electron chi connectivity index (χ3n) is 3.68. The van der Waals surface area contributed by atoms with Crippen molar-refractivity contribution in [1.82, 2.24) is 15.1 Å². The van der Waals surface area contributed by atoms with Crippen LogP contribution in [-0.2, 0) is 4.79 Å². The highest BCUT2D eigenvalue weighted by Crippen LogP contribution is 2.27. The van der Waals surface area contributed by atoms with Crippen molar-refractivity contribution in [2.24, 2.45) is 5.92 Å². The van der Waals surface area contributed by atoms with E-state index in [0.717, 1.165) is 32.5 Å². The Morgan fingerprint density at radius 3 is 2.53 bits per heavy atom. The highest BCUT2D eigenvalue weighted by atomic mass is 16.4. The number of carboxylic acids is 1. The Morgan fingerprint density at radius 2 is 2.06 bits per heavy atom. The van der Waals surface area contributed by atoms with Gasteiger partial charge in [-0.05, 0) is 31.8 Å². The van der Waals surface area contributed by atoms with Crippen LogP contribution in [0.3, 0.4) is 0 Å². The van der Waals surface area contributed by atoms with Crippen molar-refractivity contribution in [3.8, 4) is 0 Å². The number of likely N-dealkylation sites (N-methyl/N-ethyl adjacent to an activating group) is 1. The van der Waals surface area contributed by atoms with Crippen molar-refractivity contribution in [3.63, 3.8) is 0 Å². The lowest BCUT2D eigenvalue weighted by Gasteiger charge is -2.45. The van der Waals surface area contributed by atoms with Gasteiger partial charge in [0.25, 0.3) is 0 Å². The van der Waals surface area contributed by atoms with Gasteiger partial charge in [-0.15, -0.1) is 0 Å². The van der Waals surface area contributed by atoms with E-state index in [1.165, 1.54) is 11.9 Å². The summed E-state index contributed by atoms with van der Waals surface area (Å²) in [5.41, 5.74) is 0. The number of carboxylic acid groups (broad SMARTS) is 1. The molecule has 3 saturated heterocycles. The lowest BCUT2D eigenvalue weighted by molar-refractivity contribution is -0.137. The van der Waals surface area contributed by atoms with Crippen LogP contribution in [0, 0.1) is 5.92 Å². The van der Waals surface area contributed by atoms with Crippen molar-refractivity contribution in [2.75, 3.05) is 33.2 Å². The van der Waals surface area contributed by atoms with Crippen LogP contribution in [0.5, 0.6) is 0 Å². The topological polar surface area (TPSA) is 72.9 Å². The van der Waals surface area contributed by atoms with Crippen molar-refractivity contribution in [3.05, 3.63) is 0 Å². The van der Waals surface area contributed by atoms with Gasteiger partial charge in [-0.3, -0.25) is 4.79 Å². The lowest BCUT2D eigenvalue weighted by Crippen LogP contribution is -2.59. The molecule has 3 aliphatic heterocycles. The quantitative estimate of drug-likeness (QED) is 0.718. The van der Waals surface area contributed by atoms with Crippen LogP contribution >= 0.6 is 0 Å². The molecule has 3 fully saturated rings. The van der Waals surface area contributed by atoms with Crippen LogP contribution < -0.4 is 5.32 Å². The molecule has 2 N–H and O–H groups in total. The van der Waals surface area contributed by atoms with E-state index in [9.17, 15) is 9.59 Å². The van der Waals surface area contributed by atoms with Gasteiger partial charge in [0, 0.05) is 19.6 Å². The molecule has 0 spiro atoms. The summed E-state index contributed by atoms with van der Waals surface area (Å²) in [6.45, 7) is 2.90. The number of carbonyl (C=O) groups excluding carboxylic acids is 1. The minimum atomic E-state index is -0.989. The highest BCUT2D eigenvalue weighted by molar-refractivity contribution is 5.80. The van der Waals surface area contributed by atoms with Gasteiger partial charge in [0.2, 0.25) is 0 Å². The molecule has 0 aromatic rings. The molecule has 0 aliphatic carbocycles. The van der Waals surface area contributed by atoms with Crippen molar-refractivity contribution >= 4 is 12.0 Å². The fourth-order valence-corrected chi connectivity index (χ4v) is 2.67. The van der Waals surface area contributed by atoms with E-state index in [0.29, 0.717) is 5.92 Å². The van der Waals surface area contributed by atoms with Crippen LogP contribution in [0.2, 0.25) is 0 Å². The summed E-state index contributed by atoms with van der Waals surface area (Å²) < 4.78 is 0. The Kier molecular flexibility index (Phi) is 3.51. The predicted molar refractivity (Wildman–Crippen MR) is 61.7 cm³/mol. The van der Waals surface area contributed by atoms with E-state index in [1.807, 2.05) is 0 Å². The van der Waals surface area contributed by atoms with Crippen molar-refractivity contribution in [1.29, 1.82) is 0 Å². The predicted octanol–water partition coefficient (Wildman–Crippen LogP) is -0.193. The number of urea groups is 1. The van der Waals surface area contributed by atoms with E-state index in [2.05, 4.69) is 10.2 Å². The molecule has 3 rings (SSSR count). The molecule has 17 heavy (non-hydrogen) atoms. The van der Waals surface area contributed by atoms with Gasteiger partial charge in [-0.25, -0.2) is 4.79 Å². The molecule has 3 heterocycles. The maximum absolute atomic E-state index is 11.8. The van der Waals surface area contributed by atoms with Gasteiger partial charge >= 0.3 is 12.0 Å². The third-order valence-corrected chi connectivity index (χ3v) is 3.68. The number of aliphatic carboxylic acids is 1. The normalized spacial score (nSPS) is 31.0. The second-order valence-electron chi connectivity index (χ2n) is 4.94. The summed E-state index contributed by atoms with van der Waals surface area (Å²) >= 11 is 0. The zero-order valence-electron chi connectivity index (χ0n) is 10.1. The summed E-state index contributed by atoms with van der Waals surface area (Å²) in [6, 6.07) is -0.104. The van der Waals surface area contributed by atoms with Gasteiger partial charge in [0.15, 0.2) is 0 Å². The van der Waals surface area contributed by atoms with Crippen LogP contribution in [0.15, 0.2) is 0 Å². The summed E-state index contributed by atoms with van der Waals surface area (Å²) in [6.07, 6.45) is 2.27. The molecule has 2 amide bonds. The minimum absolute atomic E-state index is 0.182. The smallest absolute Gasteiger partial charge is 0.323 e. The van der Waals surface area contributed by atoms with Crippen LogP contribution in [0.25, 0.3) is 0 Å². The summed E-state index contributed by atoms with van der Waals surface area (Å²) in [5, 5.41) is 11.6. The Labute approximate surface area is 101 Å². The Morgan fingerprint density at radius 1 is 1.41 bits per heavy atom. The summed E-state index contributed by atoms with van der Waals surface area (Å²) in [7, 11) is 1.50. The summed E-state index contributed by atoms with van der Waals surface area (Å²) in [5.74, 6) is -0.432. The second kappa shape index (κ2) is 4.91. The number of nitrogens with one attached hydrogen (secondary N) is 1. The second-order valence-corrected chi connectivity index (χ2v) is 4.94. The number of amides is 2. The number of rotatable bonds is 3. The zero-order chi connectivity index (χ0) is 12.4. The molecular weight excluding hydrogens is 222 g/mol. The number of piperidine rings is 3. The molecular formula is C11H19N3O3. The minimum Gasteiger partial charge on any atom is -0.480 e. The first kappa shape index (κ1) is 12.2. The monoisotopic (exact) mass is 241 g/mol. The maximum atomic E-state index is 11.8. The molecule has 0 radical (unpaired) electrons. The molecule has 0 aromatic carbocycles. The highest BCUT2D eigenvalue weighted by Gasteiger charge is 2.35. The Balaban J connectivity index is 1.84. The molecule has 1 unspecified atom stereocenters.